The number of rotatable bonds is 8. The largest absolute Gasteiger partial charge is 0.223 e. The Bertz CT molecular complexity index is 1310. The molecule has 3 aromatic carbocycles. The van der Waals surface area contributed by atoms with Gasteiger partial charge in [-0.3, -0.25) is 0 Å². The van der Waals surface area contributed by atoms with Gasteiger partial charge in [-0.25, -0.2) is 16.8 Å². The maximum atomic E-state index is 13.0. The van der Waals surface area contributed by atoms with E-state index >= 15 is 0 Å². The predicted octanol–water partition coefficient (Wildman–Crippen LogP) is 5.99. The Hall–Kier alpha value is -1.87. The zero-order valence-electron chi connectivity index (χ0n) is 17.7. The molecule has 0 bridgehead atoms. The first-order chi connectivity index (χ1) is 15.0. The highest BCUT2D eigenvalue weighted by atomic mass is 79.9. The molecule has 0 aliphatic rings. The van der Waals surface area contributed by atoms with Gasteiger partial charge in [0.2, 0.25) is 0 Å². The van der Waals surface area contributed by atoms with E-state index in [2.05, 4.69) is 15.9 Å². The van der Waals surface area contributed by atoms with Crippen molar-refractivity contribution < 1.29 is 16.8 Å². The second-order valence-electron chi connectivity index (χ2n) is 7.39. The molecule has 32 heavy (non-hydrogen) atoms. The molecular weight excluding hydrogens is 528 g/mol. The first-order valence-corrected chi connectivity index (χ1v) is 14.7. The molecule has 0 heterocycles. The van der Waals surface area contributed by atoms with Crippen molar-refractivity contribution in [2.75, 3.05) is 11.5 Å². The highest BCUT2D eigenvalue weighted by Crippen LogP contribution is 2.31. The third-order valence-electron chi connectivity index (χ3n) is 4.69. The van der Waals surface area contributed by atoms with E-state index in [4.69, 9.17) is 0 Å². The van der Waals surface area contributed by atoms with Gasteiger partial charge in [0.15, 0.2) is 19.7 Å². The number of benzene rings is 3. The molecule has 0 aliphatic carbocycles. The van der Waals surface area contributed by atoms with Crippen LogP contribution in [0.15, 0.2) is 103 Å². The molecule has 168 valence electrons. The molecule has 0 unspecified atom stereocenters. The summed E-state index contributed by atoms with van der Waals surface area (Å²) in [4.78, 5) is 1.72. The number of hydrogen-bond donors (Lipinski definition) is 0. The molecule has 0 N–H and O–H groups in total. The second-order valence-corrected chi connectivity index (χ2v) is 13.5. The number of sulfone groups is 2. The van der Waals surface area contributed by atoms with Crippen LogP contribution in [-0.4, -0.2) is 28.3 Å². The Morgan fingerprint density at radius 1 is 0.750 bits per heavy atom. The molecule has 0 fully saturated rings. The Balaban J connectivity index is 1.91. The van der Waals surface area contributed by atoms with Crippen LogP contribution in [0.25, 0.3) is 0 Å². The summed E-state index contributed by atoms with van der Waals surface area (Å²) in [6.45, 7) is 3.78. The van der Waals surface area contributed by atoms with E-state index in [-0.39, 0.29) is 21.3 Å². The highest BCUT2D eigenvalue weighted by Gasteiger charge is 2.19. The number of hydrogen-bond acceptors (Lipinski definition) is 5. The van der Waals surface area contributed by atoms with Crippen LogP contribution in [0.5, 0.6) is 0 Å². The van der Waals surface area contributed by atoms with Gasteiger partial charge >= 0.3 is 0 Å². The molecule has 0 aliphatic heterocycles. The summed E-state index contributed by atoms with van der Waals surface area (Å²) in [5.74, 6) is -0.557. The van der Waals surface area contributed by atoms with E-state index in [1.807, 2.05) is 38.1 Å². The fourth-order valence-corrected chi connectivity index (χ4v) is 7.03. The molecule has 3 aromatic rings. The fourth-order valence-electron chi connectivity index (χ4n) is 2.84. The first-order valence-electron chi connectivity index (χ1n) is 9.76. The SMILES string of the molecule is Cc1ccc(S(=O)(=O)C/C=C(/CS(=O)(=O)c2ccc(C)cc2)Sc2ccc(Br)cc2)cc1. The average molecular weight is 552 g/mol. The maximum Gasteiger partial charge on any atom is 0.183 e. The van der Waals surface area contributed by atoms with E-state index < -0.39 is 19.7 Å². The molecule has 4 nitrogen and oxygen atoms in total. The van der Waals surface area contributed by atoms with Crippen molar-refractivity contribution in [1.29, 1.82) is 0 Å². The van der Waals surface area contributed by atoms with Crippen LogP contribution in [0.1, 0.15) is 11.1 Å². The van der Waals surface area contributed by atoms with Crippen molar-refractivity contribution in [2.24, 2.45) is 0 Å². The summed E-state index contributed by atoms with van der Waals surface area (Å²) in [5.41, 5.74) is 1.93. The van der Waals surface area contributed by atoms with Crippen LogP contribution >= 0.6 is 27.7 Å². The van der Waals surface area contributed by atoms with Crippen LogP contribution in [0.2, 0.25) is 0 Å². The summed E-state index contributed by atoms with van der Waals surface area (Å²) < 4.78 is 52.6. The number of halogens is 1. The Labute approximate surface area is 202 Å². The smallest absolute Gasteiger partial charge is 0.183 e. The lowest BCUT2D eigenvalue weighted by Crippen LogP contribution is -2.10. The minimum Gasteiger partial charge on any atom is -0.223 e. The van der Waals surface area contributed by atoms with Crippen molar-refractivity contribution >= 4 is 47.4 Å². The maximum absolute atomic E-state index is 13.0. The van der Waals surface area contributed by atoms with Crippen LogP contribution in [0, 0.1) is 13.8 Å². The average Bonchev–Trinajstić information content (AvgIpc) is 2.74. The number of thioether (sulfide) groups is 1. The molecule has 8 heteroatoms. The summed E-state index contributed by atoms with van der Waals surface area (Å²) in [7, 11) is -7.22. The minimum absolute atomic E-state index is 0.215. The fraction of sp³-hybridized carbons (Fsp3) is 0.167. The lowest BCUT2D eigenvalue weighted by Gasteiger charge is -2.10. The van der Waals surface area contributed by atoms with Gasteiger partial charge in [0.25, 0.3) is 0 Å². The molecule has 3 rings (SSSR count). The summed E-state index contributed by atoms with van der Waals surface area (Å²) in [6, 6.07) is 20.7. The van der Waals surface area contributed by atoms with Crippen LogP contribution in [-0.2, 0) is 19.7 Å². The normalized spacial score (nSPS) is 12.7. The quantitative estimate of drug-likeness (QED) is 0.322. The van der Waals surface area contributed by atoms with Crippen LogP contribution in [0.3, 0.4) is 0 Å². The third kappa shape index (κ3) is 6.81. The van der Waals surface area contributed by atoms with Gasteiger partial charge in [-0.15, -0.1) is 0 Å². The molecular formula is C24H23BrO4S3. The topological polar surface area (TPSA) is 68.3 Å². The zero-order chi connectivity index (χ0) is 23.4. The van der Waals surface area contributed by atoms with E-state index in [0.717, 1.165) is 20.5 Å². The summed E-state index contributed by atoms with van der Waals surface area (Å²) in [5, 5.41) is 0. The lowest BCUT2D eigenvalue weighted by atomic mass is 10.2. The molecule has 0 spiro atoms. The lowest BCUT2D eigenvalue weighted by molar-refractivity contribution is 0.596. The molecule has 0 saturated carbocycles. The third-order valence-corrected chi connectivity index (χ3v) is 9.76. The van der Waals surface area contributed by atoms with Gasteiger partial charge in [-0.2, -0.15) is 0 Å². The van der Waals surface area contributed by atoms with Crippen LogP contribution in [0.4, 0.5) is 0 Å². The van der Waals surface area contributed by atoms with E-state index in [1.54, 1.807) is 48.5 Å². The minimum atomic E-state index is -3.64. The van der Waals surface area contributed by atoms with Crippen molar-refractivity contribution in [2.45, 2.75) is 28.5 Å². The zero-order valence-corrected chi connectivity index (χ0v) is 21.7. The second kappa shape index (κ2) is 10.4. The first kappa shape index (κ1) is 24.8. The molecule has 0 aromatic heterocycles. The van der Waals surface area contributed by atoms with Crippen molar-refractivity contribution in [1.82, 2.24) is 0 Å². The van der Waals surface area contributed by atoms with Gasteiger partial charge < -0.3 is 0 Å². The van der Waals surface area contributed by atoms with Gasteiger partial charge in [-0.05, 0) is 62.4 Å². The standard InChI is InChI=1S/C24H23BrO4S3/c1-18-3-11-23(12-4-18)31(26,27)16-15-22(30-21-9-7-20(25)8-10-21)17-32(28,29)24-13-5-19(2)6-14-24/h3-15H,16-17H2,1-2H3/b22-15-. The predicted molar refractivity (Wildman–Crippen MR) is 135 cm³/mol. The number of aryl methyl sites for hydroxylation is 2. The monoisotopic (exact) mass is 550 g/mol. The Kier molecular flexibility index (Phi) is 8.03. The molecule has 0 amide bonds. The van der Waals surface area contributed by atoms with Crippen molar-refractivity contribution in [3.8, 4) is 0 Å². The molecule has 0 saturated heterocycles. The molecule has 0 atom stereocenters. The van der Waals surface area contributed by atoms with E-state index in [1.165, 1.54) is 17.8 Å². The van der Waals surface area contributed by atoms with E-state index in [9.17, 15) is 16.8 Å². The van der Waals surface area contributed by atoms with Gasteiger partial charge in [-0.1, -0.05) is 69.2 Å². The van der Waals surface area contributed by atoms with E-state index in [0.29, 0.717) is 4.91 Å². The van der Waals surface area contributed by atoms with Crippen molar-refractivity contribution in [3.63, 3.8) is 0 Å². The summed E-state index contributed by atoms with van der Waals surface area (Å²) >= 11 is 4.64. The Morgan fingerprint density at radius 3 is 1.72 bits per heavy atom. The highest BCUT2D eigenvalue weighted by molar-refractivity contribution is 9.10. The van der Waals surface area contributed by atoms with Gasteiger partial charge in [0.05, 0.1) is 21.3 Å². The van der Waals surface area contributed by atoms with Crippen LogP contribution < -0.4 is 0 Å². The Morgan fingerprint density at radius 2 is 1.22 bits per heavy atom. The van der Waals surface area contributed by atoms with Gasteiger partial charge in [0.1, 0.15) is 0 Å². The van der Waals surface area contributed by atoms with Crippen molar-refractivity contribution in [3.05, 3.63) is 99.4 Å². The van der Waals surface area contributed by atoms with Gasteiger partial charge in [0, 0.05) is 14.3 Å². The molecule has 0 radical (unpaired) electrons. The summed E-state index contributed by atoms with van der Waals surface area (Å²) in [6.07, 6.45) is 1.51.